The van der Waals surface area contributed by atoms with E-state index in [9.17, 15) is 9.90 Å². The minimum Gasteiger partial charge on any atom is -0.508 e. The summed E-state index contributed by atoms with van der Waals surface area (Å²) in [7, 11) is 0. The third-order valence-corrected chi connectivity index (χ3v) is 4.00. The molecule has 4 nitrogen and oxygen atoms in total. The maximum absolute atomic E-state index is 12.2. The summed E-state index contributed by atoms with van der Waals surface area (Å²) in [6, 6.07) is 7.75. The number of benzene rings is 1. The van der Waals surface area contributed by atoms with Crippen LogP contribution in [-0.4, -0.2) is 53.0 Å². The van der Waals surface area contributed by atoms with Gasteiger partial charge in [0, 0.05) is 32.2 Å². The van der Waals surface area contributed by atoms with Gasteiger partial charge in [-0.1, -0.05) is 12.1 Å². The number of phenolic OH excluding ortho intramolecular Hbond substituents is 1. The molecule has 1 aromatic carbocycles. The molecule has 1 N–H and O–H groups in total. The first-order valence-corrected chi connectivity index (χ1v) is 7.02. The Kier molecular flexibility index (Phi) is 3.42. The fraction of sp³-hybridized carbons (Fsp3) is 0.533. The number of phenols is 1. The number of rotatable bonds is 3. The van der Waals surface area contributed by atoms with Gasteiger partial charge in [-0.15, -0.1) is 0 Å². The molecule has 2 fully saturated rings. The lowest BCUT2D eigenvalue weighted by molar-refractivity contribution is -0.132. The van der Waals surface area contributed by atoms with E-state index in [1.54, 1.807) is 18.2 Å². The molecule has 1 saturated carbocycles. The lowest BCUT2D eigenvalue weighted by Gasteiger charge is -2.34. The summed E-state index contributed by atoms with van der Waals surface area (Å²) in [4.78, 5) is 16.6. The van der Waals surface area contributed by atoms with Crippen molar-refractivity contribution in [1.82, 2.24) is 9.80 Å². The van der Waals surface area contributed by atoms with E-state index in [-0.39, 0.29) is 11.7 Å². The Balaban J connectivity index is 1.53. The van der Waals surface area contributed by atoms with Gasteiger partial charge in [-0.2, -0.15) is 0 Å². The van der Waals surface area contributed by atoms with E-state index in [4.69, 9.17) is 0 Å². The van der Waals surface area contributed by atoms with Crippen LogP contribution in [0, 0.1) is 0 Å². The monoisotopic (exact) mass is 260 g/mol. The molecule has 1 heterocycles. The summed E-state index contributed by atoms with van der Waals surface area (Å²) in [5.74, 6) is 0.393. The molecule has 0 bridgehead atoms. The SMILES string of the molecule is O=C(Cc1cccc(O)c1)N1CCN(C2CC2)CC1. The first-order chi connectivity index (χ1) is 9.22. The first-order valence-electron chi connectivity index (χ1n) is 7.02. The first kappa shape index (κ1) is 12.5. The number of aromatic hydroxyl groups is 1. The van der Waals surface area contributed by atoms with Gasteiger partial charge in [-0.25, -0.2) is 0 Å². The zero-order valence-corrected chi connectivity index (χ0v) is 11.1. The molecule has 1 saturated heterocycles. The summed E-state index contributed by atoms with van der Waals surface area (Å²) in [5, 5.41) is 9.41. The summed E-state index contributed by atoms with van der Waals surface area (Å²) in [5.41, 5.74) is 0.884. The second-order valence-corrected chi connectivity index (χ2v) is 5.49. The summed E-state index contributed by atoms with van der Waals surface area (Å²) < 4.78 is 0. The quantitative estimate of drug-likeness (QED) is 0.889. The molecule has 1 aromatic rings. The minimum absolute atomic E-state index is 0.168. The molecule has 4 heteroatoms. The number of hydrogen-bond donors (Lipinski definition) is 1. The van der Waals surface area contributed by atoms with Crippen molar-refractivity contribution in [3.05, 3.63) is 29.8 Å². The van der Waals surface area contributed by atoms with Gasteiger partial charge in [-0.3, -0.25) is 9.69 Å². The van der Waals surface area contributed by atoms with Gasteiger partial charge < -0.3 is 10.0 Å². The van der Waals surface area contributed by atoms with Crippen molar-refractivity contribution in [3.63, 3.8) is 0 Å². The number of nitrogens with zero attached hydrogens (tertiary/aromatic N) is 2. The molecule has 1 aliphatic carbocycles. The van der Waals surface area contributed by atoms with E-state index in [0.717, 1.165) is 37.8 Å². The molecule has 0 unspecified atom stereocenters. The van der Waals surface area contributed by atoms with Crippen LogP contribution in [0.25, 0.3) is 0 Å². The minimum atomic E-state index is 0.168. The van der Waals surface area contributed by atoms with Crippen LogP contribution in [-0.2, 0) is 11.2 Å². The number of carbonyl (C=O) groups excluding carboxylic acids is 1. The lowest BCUT2D eigenvalue weighted by atomic mass is 10.1. The van der Waals surface area contributed by atoms with E-state index >= 15 is 0 Å². The van der Waals surface area contributed by atoms with Gasteiger partial charge in [-0.05, 0) is 30.5 Å². The number of carbonyl (C=O) groups is 1. The van der Waals surface area contributed by atoms with Crippen LogP contribution < -0.4 is 0 Å². The Morgan fingerprint density at radius 3 is 2.58 bits per heavy atom. The molecule has 0 spiro atoms. The maximum atomic E-state index is 12.2. The van der Waals surface area contributed by atoms with E-state index in [1.807, 2.05) is 11.0 Å². The summed E-state index contributed by atoms with van der Waals surface area (Å²) in [6.45, 7) is 3.70. The van der Waals surface area contributed by atoms with Gasteiger partial charge in [0.05, 0.1) is 6.42 Å². The fourth-order valence-electron chi connectivity index (χ4n) is 2.73. The number of amides is 1. The molecule has 3 rings (SSSR count). The molecule has 0 radical (unpaired) electrons. The Hall–Kier alpha value is -1.55. The summed E-state index contributed by atoms with van der Waals surface area (Å²) >= 11 is 0. The van der Waals surface area contributed by atoms with Crippen molar-refractivity contribution in [2.75, 3.05) is 26.2 Å². The molecule has 1 amide bonds. The average molecular weight is 260 g/mol. The van der Waals surface area contributed by atoms with Crippen molar-refractivity contribution in [2.24, 2.45) is 0 Å². The van der Waals surface area contributed by atoms with Crippen molar-refractivity contribution in [2.45, 2.75) is 25.3 Å². The van der Waals surface area contributed by atoms with Crippen molar-refractivity contribution in [3.8, 4) is 5.75 Å². The fourth-order valence-corrected chi connectivity index (χ4v) is 2.73. The highest BCUT2D eigenvalue weighted by Gasteiger charge is 2.32. The van der Waals surface area contributed by atoms with Crippen LogP contribution in [0.3, 0.4) is 0 Å². The van der Waals surface area contributed by atoms with Gasteiger partial charge in [0.25, 0.3) is 0 Å². The topological polar surface area (TPSA) is 43.8 Å². The van der Waals surface area contributed by atoms with Crippen LogP contribution in [0.15, 0.2) is 24.3 Å². The molecule has 2 aliphatic rings. The second-order valence-electron chi connectivity index (χ2n) is 5.49. The highest BCUT2D eigenvalue weighted by atomic mass is 16.3. The average Bonchev–Trinajstić information content (AvgIpc) is 3.23. The van der Waals surface area contributed by atoms with E-state index in [2.05, 4.69) is 4.90 Å². The molecule has 1 aliphatic heterocycles. The van der Waals surface area contributed by atoms with E-state index < -0.39 is 0 Å². The standard InChI is InChI=1S/C15H20N2O2/c18-14-3-1-2-12(10-14)11-15(19)17-8-6-16(7-9-17)13-4-5-13/h1-3,10,13,18H,4-9,11H2. The molecule has 102 valence electrons. The lowest BCUT2D eigenvalue weighted by Crippen LogP contribution is -2.49. The third kappa shape index (κ3) is 3.07. The van der Waals surface area contributed by atoms with Crippen LogP contribution in [0.5, 0.6) is 5.75 Å². The Bertz CT molecular complexity index is 463. The van der Waals surface area contributed by atoms with Crippen molar-refractivity contribution >= 4 is 5.91 Å². The third-order valence-electron chi connectivity index (χ3n) is 4.00. The van der Waals surface area contributed by atoms with Crippen LogP contribution in [0.1, 0.15) is 18.4 Å². The van der Waals surface area contributed by atoms with Crippen LogP contribution in [0.2, 0.25) is 0 Å². The van der Waals surface area contributed by atoms with Gasteiger partial charge in [0.2, 0.25) is 5.91 Å². The van der Waals surface area contributed by atoms with Crippen LogP contribution >= 0.6 is 0 Å². The number of hydrogen-bond acceptors (Lipinski definition) is 3. The highest BCUT2D eigenvalue weighted by Crippen LogP contribution is 2.27. The van der Waals surface area contributed by atoms with Crippen LogP contribution in [0.4, 0.5) is 0 Å². The van der Waals surface area contributed by atoms with Gasteiger partial charge in [0.15, 0.2) is 0 Å². The molecule has 0 aromatic heterocycles. The highest BCUT2D eigenvalue weighted by molar-refractivity contribution is 5.79. The normalized spacial score (nSPS) is 20.5. The molecular weight excluding hydrogens is 240 g/mol. The predicted octanol–water partition coefficient (Wildman–Crippen LogP) is 1.24. The molecule has 0 atom stereocenters. The zero-order valence-electron chi connectivity index (χ0n) is 11.1. The zero-order chi connectivity index (χ0) is 13.2. The van der Waals surface area contributed by atoms with Crippen molar-refractivity contribution in [1.29, 1.82) is 0 Å². The van der Waals surface area contributed by atoms with E-state index in [0.29, 0.717) is 6.42 Å². The number of piperazine rings is 1. The van der Waals surface area contributed by atoms with Crippen molar-refractivity contribution < 1.29 is 9.90 Å². The Morgan fingerprint density at radius 2 is 1.95 bits per heavy atom. The van der Waals surface area contributed by atoms with Gasteiger partial charge in [0.1, 0.15) is 5.75 Å². The smallest absolute Gasteiger partial charge is 0.227 e. The van der Waals surface area contributed by atoms with Gasteiger partial charge >= 0.3 is 0 Å². The summed E-state index contributed by atoms with van der Waals surface area (Å²) in [6.07, 6.45) is 3.05. The second kappa shape index (κ2) is 5.21. The Labute approximate surface area is 113 Å². The Morgan fingerprint density at radius 1 is 1.21 bits per heavy atom. The molecule has 19 heavy (non-hydrogen) atoms. The maximum Gasteiger partial charge on any atom is 0.227 e. The van der Waals surface area contributed by atoms with E-state index in [1.165, 1.54) is 12.8 Å². The predicted molar refractivity (Wildman–Crippen MR) is 73.0 cm³/mol. The largest absolute Gasteiger partial charge is 0.508 e. The molecular formula is C15H20N2O2.